The predicted octanol–water partition coefficient (Wildman–Crippen LogP) is 6.32. The monoisotopic (exact) mass is 653 g/mol. The normalized spacial score (nSPS) is 18.6. The third-order valence-electron chi connectivity index (χ3n) is 8.30. The van der Waals surface area contributed by atoms with Gasteiger partial charge in [-0.1, -0.05) is 41.7 Å². The molecule has 0 bridgehead atoms. The SMILES string of the molecule is COc1ncnc(OC)c1C(=O)Nc1nc2c(s1)C1(CCC(C(=O)N(C)Cc3ccccc3)CC1)Oc1cc(C(F)(F)F)ccc1-2. The fourth-order valence-electron chi connectivity index (χ4n) is 6.03. The number of nitrogens with zero attached hydrogens (tertiary/aromatic N) is 4. The number of halogens is 3. The average Bonchev–Trinajstić information content (AvgIpc) is 3.49. The van der Waals surface area contributed by atoms with Crippen LogP contribution in [-0.4, -0.2) is 52.9 Å². The first-order valence-electron chi connectivity index (χ1n) is 14.5. The first kappa shape index (κ1) is 31.3. The lowest BCUT2D eigenvalue weighted by Crippen LogP contribution is -2.42. The van der Waals surface area contributed by atoms with E-state index in [-0.39, 0.29) is 40.0 Å². The van der Waals surface area contributed by atoms with Gasteiger partial charge < -0.3 is 19.1 Å². The summed E-state index contributed by atoms with van der Waals surface area (Å²) in [6, 6.07) is 13.0. The van der Waals surface area contributed by atoms with Crippen molar-refractivity contribution in [2.24, 2.45) is 5.92 Å². The molecule has 2 amide bonds. The summed E-state index contributed by atoms with van der Waals surface area (Å²) in [6.07, 6.45) is -1.72. The molecule has 1 aliphatic carbocycles. The number of rotatable bonds is 7. The molecule has 2 aliphatic rings. The van der Waals surface area contributed by atoms with E-state index in [4.69, 9.17) is 14.2 Å². The standard InChI is InChI=1S/C32H30F3N5O5S/c1-40(16-18-7-5-4-6-8-18)29(42)19-11-13-31(14-12-19)25-24(21-10-9-20(32(33,34)35)15-22(21)45-31)38-30(46-25)39-26(41)23-27(43-2)36-17-37-28(23)44-3/h4-10,15,17,19H,11-14,16H2,1-3H3,(H,38,39,41). The summed E-state index contributed by atoms with van der Waals surface area (Å²) in [4.78, 5) is 41.8. The number of nitrogens with one attached hydrogen (secondary N) is 1. The lowest BCUT2D eigenvalue weighted by molar-refractivity contribution is -0.139. The molecule has 0 unspecified atom stereocenters. The van der Waals surface area contributed by atoms with Crippen LogP contribution in [0.15, 0.2) is 54.9 Å². The molecule has 10 nitrogen and oxygen atoms in total. The van der Waals surface area contributed by atoms with E-state index in [1.807, 2.05) is 30.3 Å². The van der Waals surface area contributed by atoms with Crippen molar-refractivity contribution in [3.63, 3.8) is 0 Å². The molecule has 1 spiro atoms. The number of methoxy groups -OCH3 is 2. The molecule has 1 saturated carbocycles. The quantitative estimate of drug-likeness (QED) is 0.246. The minimum absolute atomic E-state index is 0.000254. The van der Waals surface area contributed by atoms with Gasteiger partial charge in [0.05, 0.1) is 30.4 Å². The van der Waals surface area contributed by atoms with E-state index in [2.05, 4.69) is 20.3 Å². The van der Waals surface area contributed by atoms with Gasteiger partial charge in [-0.3, -0.25) is 14.9 Å². The molecule has 1 N–H and O–H groups in total. The van der Waals surface area contributed by atoms with Gasteiger partial charge in [-0.25, -0.2) is 15.0 Å². The van der Waals surface area contributed by atoms with Crippen molar-refractivity contribution >= 4 is 28.3 Å². The number of aromatic nitrogens is 3. The van der Waals surface area contributed by atoms with E-state index in [1.54, 1.807) is 11.9 Å². The van der Waals surface area contributed by atoms with Gasteiger partial charge in [-0.2, -0.15) is 13.2 Å². The van der Waals surface area contributed by atoms with Crippen molar-refractivity contribution in [3.8, 4) is 28.8 Å². The molecule has 0 saturated heterocycles. The zero-order valence-corrected chi connectivity index (χ0v) is 26.0. The minimum Gasteiger partial charge on any atom is -0.481 e. The maximum atomic E-state index is 13.7. The second kappa shape index (κ2) is 12.2. The van der Waals surface area contributed by atoms with Gasteiger partial charge in [0.1, 0.15) is 17.7 Å². The number of carbonyl (C=O) groups excluding carboxylic acids is 2. The zero-order chi connectivity index (χ0) is 32.6. The molecule has 4 aromatic rings. The number of hydrogen-bond acceptors (Lipinski definition) is 9. The number of benzene rings is 2. The van der Waals surface area contributed by atoms with Crippen molar-refractivity contribution in [1.29, 1.82) is 0 Å². The van der Waals surface area contributed by atoms with Crippen LogP contribution in [0, 0.1) is 5.92 Å². The van der Waals surface area contributed by atoms with E-state index in [9.17, 15) is 22.8 Å². The first-order chi connectivity index (χ1) is 22.0. The highest BCUT2D eigenvalue weighted by molar-refractivity contribution is 7.16. The van der Waals surface area contributed by atoms with Crippen molar-refractivity contribution in [2.45, 2.75) is 44.0 Å². The van der Waals surface area contributed by atoms with Crippen LogP contribution in [0.5, 0.6) is 17.5 Å². The number of carbonyl (C=O) groups is 2. The summed E-state index contributed by atoms with van der Waals surface area (Å²) in [7, 11) is 4.48. The Bertz CT molecular complexity index is 1750. The number of amides is 2. The summed E-state index contributed by atoms with van der Waals surface area (Å²) in [5.41, 5.74) is -0.107. The molecule has 14 heteroatoms. The first-order valence-corrected chi connectivity index (χ1v) is 15.3. The number of fused-ring (bicyclic) bond motifs is 4. The van der Waals surface area contributed by atoms with Gasteiger partial charge in [0.2, 0.25) is 17.7 Å². The van der Waals surface area contributed by atoms with Crippen LogP contribution in [0.1, 0.15) is 52.0 Å². The lowest BCUT2D eigenvalue weighted by atomic mass is 9.75. The minimum atomic E-state index is -4.57. The third-order valence-corrected chi connectivity index (χ3v) is 9.46. The molecule has 0 atom stereocenters. The van der Waals surface area contributed by atoms with Crippen LogP contribution in [0.25, 0.3) is 11.3 Å². The Balaban J connectivity index is 1.31. The maximum absolute atomic E-state index is 13.7. The second-order valence-corrected chi connectivity index (χ2v) is 12.2. The summed E-state index contributed by atoms with van der Waals surface area (Å²) in [6.45, 7) is 0.468. The van der Waals surface area contributed by atoms with E-state index in [0.717, 1.165) is 17.7 Å². The molecule has 1 fully saturated rings. The van der Waals surface area contributed by atoms with Crippen molar-refractivity contribution in [1.82, 2.24) is 19.9 Å². The molecular weight excluding hydrogens is 623 g/mol. The topological polar surface area (TPSA) is 116 Å². The lowest BCUT2D eigenvalue weighted by Gasteiger charge is -2.43. The third kappa shape index (κ3) is 5.84. The number of hydrogen-bond donors (Lipinski definition) is 1. The number of alkyl halides is 3. The largest absolute Gasteiger partial charge is 0.481 e. The average molecular weight is 654 g/mol. The van der Waals surface area contributed by atoms with Crippen LogP contribution in [0.4, 0.5) is 18.3 Å². The Morgan fingerprint density at radius 1 is 1.07 bits per heavy atom. The highest BCUT2D eigenvalue weighted by Crippen LogP contribution is 2.55. The van der Waals surface area contributed by atoms with Gasteiger partial charge in [0.25, 0.3) is 5.91 Å². The molecule has 2 aromatic heterocycles. The Morgan fingerprint density at radius 2 is 1.74 bits per heavy atom. The number of ether oxygens (including phenoxy) is 3. The smallest absolute Gasteiger partial charge is 0.416 e. The van der Waals surface area contributed by atoms with Gasteiger partial charge in [-0.05, 0) is 49.4 Å². The van der Waals surface area contributed by atoms with Crippen molar-refractivity contribution in [2.75, 3.05) is 26.6 Å². The van der Waals surface area contributed by atoms with Gasteiger partial charge in [-0.15, -0.1) is 0 Å². The van der Waals surface area contributed by atoms with Gasteiger partial charge in [0, 0.05) is 25.1 Å². The fourth-order valence-corrected chi connectivity index (χ4v) is 7.18. The van der Waals surface area contributed by atoms with E-state index >= 15 is 0 Å². The van der Waals surface area contributed by atoms with E-state index < -0.39 is 23.2 Å². The molecule has 240 valence electrons. The second-order valence-electron chi connectivity index (χ2n) is 11.2. The van der Waals surface area contributed by atoms with Crippen LogP contribution < -0.4 is 19.5 Å². The summed E-state index contributed by atoms with van der Waals surface area (Å²) in [5.74, 6) is -0.874. The van der Waals surface area contributed by atoms with E-state index in [1.165, 1.54) is 38.0 Å². The Labute approximate surface area is 266 Å². The maximum Gasteiger partial charge on any atom is 0.416 e. The molecule has 46 heavy (non-hydrogen) atoms. The van der Waals surface area contributed by atoms with Gasteiger partial charge >= 0.3 is 6.18 Å². The molecule has 1 aliphatic heterocycles. The van der Waals surface area contributed by atoms with Gasteiger partial charge in [0.15, 0.2) is 10.7 Å². The molecule has 3 heterocycles. The van der Waals surface area contributed by atoms with Crippen LogP contribution in [0.3, 0.4) is 0 Å². The Hall–Kier alpha value is -4.72. The zero-order valence-electron chi connectivity index (χ0n) is 25.2. The van der Waals surface area contributed by atoms with Crippen LogP contribution in [-0.2, 0) is 23.1 Å². The number of anilines is 1. The Kier molecular flexibility index (Phi) is 8.32. The predicted molar refractivity (Wildman–Crippen MR) is 163 cm³/mol. The highest BCUT2D eigenvalue weighted by atomic mass is 32.1. The highest BCUT2D eigenvalue weighted by Gasteiger charge is 2.48. The molecular formula is C32H30F3N5O5S. The van der Waals surface area contributed by atoms with Crippen LogP contribution in [0.2, 0.25) is 0 Å². The molecule has 2 aromatic carbocycles. The molecule has 6 rings (SSSR count). The summed E-state index contributed by atoms with van der Waals surface area (Å²) in [5, 5.41) is 2.94. The van der Waals surface area contributed by atoms with Crippen LogP contribution >= 0.6 is 11.3 Å². The van der Waals surface area contributed by atoms with E-state index in [0.29, 0.717) is 48.4 Å². The van der Waals surface area contributed by atoms with Crippen molar-refractivity contribution in [3.05, 3.63) is 76.4 Å². The number of thiazole rings is 1. The van der Waals surface area contributed by atoms with Crippen molar-refractivity contribution < 1.29 is 37.0 Å². The Morgan fingerprint density at radius 3 is 2.37 bits per heavy atom. The summed E-state index contributed by atoms with van der Waals surface area (Å²) >= 11 is 1.17. The molecule has 0 radical (unpaired) electrons. The summed E-state index contributed by atoms with van der Waals surface area (Å²) < 4.78 is 58.0. The fraction of sp³-hybridized carbons (Fsp3) is 0.344.